The van der Waals surface area contributed by atoms with Gasteiger partial charge >= 0.3 is 5.63 Å². The van der Waals surface area contributed by atoms with Crippen LogP contribution in [0.25, 0.3) is 11.0 Å². The minimum Gasteiger partial charge on any atom is -0.508 e. The van der Waals surface area contributed by atoms with Crippen molar-refractivity contribution in [3.05, 3.63) is 74.6 Å². The van der Waals surface area contributed by atoms with Gasteiger partial charge in [0.25, 0.3) is 5.69 Å². The number of aromatic hydroxyl groups is 2. The molecule has 3 rings (SSSR count). The molecule has 118 valence electrons. The summed E-state index contributed by atoms with van der Waals surface area (Å²) in [4.78, 5) is 20.5. The third-order valence-corrected chi connectivity index (χ3v) is 3.00. The Morgan fingerprint density at radius 1 is 1.00 bits per heavy atom. The number of phenols is 2. The molecule has 7 nitrogen and oxygen atoms in total. The maximum atomic E-state index is 11.0. The predicted molar refractivity (Wildman–Crippen MR) is 83.6 cm³/mol. The third-order valence-electron chi connectivity index (χ3n) is 3.00. The highest BCUT2D eigenvalue weighted by molar-refractivity contribution is 5.81. The van der Waals surface area contributed by atoms with Crippen molar-refractivity contribution in [1.29, 1.82) is 0 Å². The zero-order chi connectivity index (χ0) is 17.0. The van der Waals surface area contributed by atoms with Gasteiger partial charge in [-0.1, -0.05) is 0 Å². The van der Waals surface area contributed by atoms with Crippen LogP contribution in [0.3, 0.4) is 0 Å². The molecule has 0 saturated heterocycles. The van der Waals surface area contributed by atoms with E-state index in [-0.39, 0.29) is 17.2 Å². The summed E-state index contributed by atoms with van der Waals surface area (Å²) in [6.07, 6.45) is 0. The van der Waals surface area contributed by atoms with Gasteiger partial charge in [-0.15, -0.1) is 0 Å². The molecule has 0 aliphatic heterocycles. The van der Waals surface area contributed by atoms with E-state index in [9.17, 15) is 14.9 Å². The van der Waals surface area contributed by atoms with Gasteiger partial charge < -0.3 is 14.6 Å². The van der Waals surface area contributed by atoms with Crippen molar-refractivity contribution in [2.24, 2.45) is 0 Å². The van der Waals surface area contributed by atoms with Crippen LogP contribution < -0.4 is 5.63 Å². The summed E-state index contributed by atoms with van der Waals surface area (Å²) in [5.74, 6) is 0.131. The van der Waals surface area contributed by atoms with Gasteiger partial charge in [-0.3, -0.25) is 10.1 Å². The van der Waals surface area contributed by atoms with Crippen LogP contribution in [0.2, 0.25) is 0 Å². The first-order chi connectivity index (χ1) is 10.9. The van der Waals surface area contributed by atoms with Crippen LogP contribution in [-0.2, 0) is 0 Å². The molecule has 0 fully saturated rings. The van der Waals surface area contributed by atoms with Crippen molar-refractivity contribution < 1.29 is 19.6 Å². The number of nitrogens with zero attached hydrogens (tertiary/aromatic N) is 1. The molecular formula is C16H13NO6. The van der Waals surface area contributed by atoms with Crippen molar-refractivity contribution in [1.82, 2.24) is 0 Å². The number of hydrogen-bond acceptors (Lipinski definition) is 6. The molecule has 0 aliphatic rings. The van der Waals surface area contributed by atoms with E-state index in [0.717, 1.165) is 10.9 Å². The van der Waals surface area contributed by atoms with E-state index >= 15 is 0 Å². The molecule has 0 radical (unpaired) electrons. The molecule has 0 bridgehead atoms. The fourth-order valence-electron chi connectivity index (χ4n) is 1.89. The van der Waals surface area contributed by atoms with Crippen LogP contribution in [0.15, 0.2) is 57.7 Å². The quantitative estimate of drug-likeness (QED) is 0.405. The Kier molecular flexibility index (Phi) is 4.61. The fourth-order valence-corrected chi connectivity index (χ4v) is 1.89. The van der Waals surface area contributed by atoms with Gasteiger partial charge in [0, 0.05) is 29.7 Å². The molecule has 0 spiro atoms. The molecular weight excluding hydrogens is 302 g/mol. The SMILES string of the molecule is Cc1cc(=O)oc2cc(O)ccc12.O=[N+]([O-])c1ccc(O)cc1. The van der Waals surface area contributed by atoms with Crippen LogP contribution in [0.1, 0.15) is 5.56 Å². The number of non-ortho nitro benzene ring substituents is 1. The van der Waals surface area contributed by atoms with E-state index in [1.807, 2.05) is 6.92 Å². The number of phenolic OH excluding ortho intramolecular Hbond substituents is 2. The Hall–Kier alpha value is -3.35. The number of nitro benzene ring substituents is 1. The Morgan fingerprint density at radius 2 is 1.61 bits per heavy atom. The Bertz CT molecular complexity index is 899. The molecule has 3 aromatic rings. The maximum Gasteiger partial charge on any atom is 0.336 e. The Morgan fingerprint density at radius 3 is 2.22 bits per heavy atom. The topological polar surface area (TPSA) is 114 Å². The minimum absolute atomic E-state index is 0.0159. The van der Waals surface area contributed by atoms with Crippen molar-refractivity contribution >= 4 is 16.7 Å². The van der Waals surface area contributed by atoms with E-state index in [4.69, 9.17) is 14.6 Å². The van der Waals surface area contributed by atoms with Gasteiger partial charge in [-0.25, -0.2) is 4.79 Å². The van der Waals surface area contributed by atoms with E-state index < -0.39 is 10.5 Å². The van der Waals surface area contributed by atoms with E-state index in [0.29, 0.717) is 5.58 Å². The predicted octanol–water partition coefficient (Wildman–Crippen LogP) is 3.11. The molecule has 7 heteroatoms. The second-order valence-electron chi connectivity index (χ2n) is 4.70. The number of hydrogen-bond donors (Lipinski definition) is 2. The highest BCUT2D eigenvalue weighted by Gasteiger charge is 2.02. The van der Waals surface area contributed by atoms with E-state index in [1.54, 1.807) is 12.1 Å². The zero-order valence-corrected chi connectivity index (χ0v) is 12.1. The molecule has 0 saturated carbocycles. The molecule has 2 N–H and O–H groups in total. The van der Waals surface area contributed by atoms with Crippen LogP contribution >= 0.6 is 0 Å². The van der Waals surface area contributed by atoms with Gasteiger partial charge in [-0.05, 0) is 36.8 Å². The van der Waals surface area contributed by atoms with E-state index in [1.165, 1.54) is 36.4 Å². The van der Waals surface area contributed by atoms with Crippen molar-refractivity contribution in [2.45, 2.75) is 6.92 Å². The first kappa shape index (κ1) is 16.0. The van der Waals surface area contributed by atoms with Crippen molar-refractivity contribution in [3.8, 4) is 11.5 Å². The number of fused-ring (bicyclic) bond motifs is 1. The highest BCUT2D eigenvalue weighted by Crippen LogP contribution is 2.20. The van der Waals surface area contributed by atoms with E-state index in [2.05, 4.69) is 0 Å². The number of aryl methyl sites for hydroxylation is 1. The Labute approximate surface area is 130 Å². The first-order valence-corrected chi connectivity index (χ1v) is 6.54. The van der Waals surface area contributed by atoms with Gasteiger partial charge in [0.1, 0.15) is 17.1 Å². The lowest BCUT2D eigenvalue weighted by Gasteiger charge is -1.99. The third kappa shape index (κ3) is 4.07. The summed E-state index contributed by atoms with van der Waals surface area (Å²) in [7, 11) is 0. The summed E-state index contributed by atoms with van der Waals surface area (Å²) in [5.41, 5.74) is 0.865. The summed E-state index contributed by atoms with van der Waals surface area (Å²) < 4.78 is 4.91. The summed E-state index contributed by atoms with van der Waals surface area (Å²) >= 11 is 0. The number of benzene rings is 2. The van der Waals surface area contributed by atoms with Crippen LogP contribution in [0, 0.1) is 17.0 Å². The summed E-state index contributed by atoms with van der Waals surface area (Å²) in [6, 6.07) is 11.2. The number of rotatable bonds is 1. The average molecular weight is 315 g/mol. The minimum atomic E-state index is -0.514. The largest absolute Gasteiger partial charge is 0.508 e. The second kappa shape index (κ2) is 6.61. The van der Waals surface area contributed by atoms with Gasteiger partial charge in [0.2, 0.25) is 0 Å². The summed E-state index contributed by atoms with van der Waals surface area (Å²) in [6.45, 7) is 1.83. The zero-order valence-electron chi connectivity index (χ0n) is 12.1. The lowest BCUT2D eigenvalue weighted by molar-refractivity contribution is -0.384. The molecule has 1 aromatic heterocycles. The lowest BCUT2D eigenvalue weighted by Crippen LogP contribution is -1.97. The molecule has 2 aromatic carbocycles. The average Bonchev–Trinajstić information content (AvgIpc) is 2.47. The molecule has 0 amide bonds. The highest BCUT2D eigenvalue weighted by atomic mass is 16.6. The number of nitro groups is 1. The van der Waals surface area contributed by atoms with Crippen molar-refractivity contribution in [2.75, 3.05) is 0 Å². The monoisotopic (exact) mass is 315 g/mol. The standard InChI is InChI=1S/C10H8O3.C6H5NO3/c1-6-4-10(12)13-9-5-7(11)2-3-8(6)9;8-6-3-1-5(2-4-6)7(9)10/h2-5,11H,1H3;1-4,8H. The molecule has 0 atom stereocenters. The Balaban J connectivity index is 0.000000174. The van der Waals surface area contributed by atoms with Crippen molar-refractivity contribution in [3.63, 3.8) is 0 Å². The maximum absolute atomic E-state index is 11.0. The van der Waals surface area contributed by atoms with Gasteiger partial charge in [-0.2, -0.15) is 0 Å². The van der Waals surface area contributed by atoms with Gasteiger partial charge in [0.15, 0.2) is 0 Å². The normalized spacial score (nSPS) is 9.96. The summed E-state index contributed by atoms with van der Waals surface area (Å²) in [5, 5.41) is 28.7. The van der Waals surface area contributed by atoms with Crippen LogP contribution in [0.4, 0.5) is 5.69 Å². The van der Waals surface area contributed by atoms with Crippen LogP contribution in [0.5, 0.6) is 11.5 Å². The lowest BCUT2D eigenvalue weighted by atomic mass is 10.1. The fraction of sp³-hybridized carbons (Fsp3) is 0.0625. The molecule has 1 heterocycles. The first-order valence-electron chi connectivity index (χ1n) is 6.54. The van der Waals surface area contributed by atoms with Gasteiger partial charge in [0.05, 0.1) is 4.92 Å². The second-order valence-corrected chi connectivity index (χ2v) is 4.70. The molecule has 0 unspecified atom stereocenters. The molecule has 0 aliphatic carbocycles. The molecule has 23 heavy (non-hydrogen) atoms. The van der Waals surface area contributed by atoms with Crippen LogP contribution in [-0.4, -0.2) is 15.1 Å². The smallest absolute Gasteiger partial charge is 0.336 e.